The zero-order valence-electron chi connectivity index (χ0n) is 13.3. The summed E-state index contributed by atoms with van der Waals surface area (Å²) >= 11 is 0. The molecule has 0 amide bonds. The van der Waals surface area contributed by atoms with Crippen molar-refractivity contribution in [3.05, 3.63) is 65.9 Å². The van der Waals surface area contributed by atoms with Crippen LogP contribution in [0.1, 0.15) is 16.1 Å². The Morgan fingerprint density at radius 3 is 2.27 bits per heavy atom. The van der Waals surface area contributed by atoms with E-state index in [0.29, 0.717) is 3.97 Å². The first-order valence-corrected chi connectivity index (χ1v) is 8.72. The average molecular weight is 383 g/mol. The lowest BCUT2D eigenvalue weighted by Crippen LogP contribution is -2.19. The molecule has 0 N–H and O–H groups in total. The van der Waals surface area contributed by atoms with Gasteiger partial charge in [-0.25, -0.2) is 17.2 Å². The van der Waals surface area contributed by atoms with Gasteiger partial charge in [-0.15, -0.1) is 0 Å². The van der Waals surface area contributed by atoms with Gasteiger partial charge in [-0.2, -0.15) is 13.2 Å². The van der Waals surface area contributed by atoms with Crippen LogP contribution in [0.25, 0.3) is 10.9 Å². The van der Waals surface area contributed by atoms with Crippen molar-refractivity contribution in [2.45, 2.75) is 11.1 Å². The van der Waals surface area contributed by atoms with E-state index in [-0.39, 0.29) is 21.5 Å². The quantitative estimate of drug-likeness (QED) is 0.647. The van der Waals surface area contributed by atoms with Crippen LogP contribution in [-0.2, 0) is 20.9 Å². The second-order valence-electron chi connectivity index (χ2n) is 5.38. The van der Waals surface area contributed by atoms with Crippen LogP contribution in [-0.4, -0.2) is 25.5 Å². The highest BCUT2D eigenvalue weighted by Gasteiger charge is 2.32. The minimum Gasteiger partial charge on any atom is -0.464 e. The molecule has 0 saturated heterocycles. The second-order valence-corrected chi connectivity index (χ2v) is 7.16. The van der Waals surface area contributed by atoms with Gasteiger partial charge in [-0.1, -0.05) is 18.2 Å². The maximum Gasteiger partial charge on any atom is 0.416 e. The maximum atomic E-state index is 13.0. The number of carbonyl (C=O) groups is 1. The number of hydrogen-bond donors (Lipinski definition) is 0. The van der Waals surface area contributed by atoms with Crippen LogP contribution in [0.5, 0.6) is 0 Å². The van der Waals surface area contributed by atoms with Gasteiger partial charge in [0.1, 0.15) is 5.69 Å². The summed E-state index contributed by atoms with van der Waals surface area (Å²) in [7, 11) is -3.17. The summed E-state index contributed by atoms with van der Waals surface area (Å²) in [6.45, 7) is 0. The standard InChI is InChI=1S/C17H12F3NO4S/c1-25-16(22)15-10-11-9-12(17(18,19)20)7-8-14(11)21(15)26(23,24)13-5-3-2-4-6-13/h2-10H,1H3. The molecule has 0 aliphatic carbocycles. The maximum absolute atomic E-state index is 13.0. The molecule has 0 fully saturated rings. The van der Waals surface area contributed by atoms with Crippen molar-refractivity contribution in [2.75, 3.05) is 7.11 Å². The monoisotopic (exact) mass is 383 g/mol. The Kier molecular flexibility index (Phi) is 4.27. The van der Waals surface area contributed by atoms with E-state index in [2.05, 4.69) is 4.74 Å². The van der Waals surface area contributed by atoms with Crippen LogP contribution < -0.4 is 0 Å². The van der Waals surface area contributed by atoms with E-state index in [1.54, 1.807) is 6.07 Å². The fourth-order valence-electron chi connectivity index (χ4n) is 2.57. The SMILES string of the molecule is COC(=O)c1cc2cc(C(F)(F)F)ccc2n1S(=O)(=O)c1ccccc1. The van der Waals surface area contributed by atoms with Gasteiger partial charge in [-0.3, -0.25) is 0 Å². The number of carbonyl (C=O) groups excluding carboxylic acids is 1. The largest absolute Gasteiger partial charge is 0.464 e. The van der Waals surface area contributed by atoms with E-state index in [1.165, 1.54) is 24.3 Å². The summed E-state index contributed by atoms with van der Waals surface area (Å²) in [5.74, 6) is -0.978. The lowest BCUT2D eigenvalue weighted by atomic mass is 10.1. The molecule has 0 aliphatic heterocycles. The van der Waals surface area contributed by atoms with Crippen molar-refractivity contribution in [2.24, 2.45) is 0 Å². The van der Waals surface area contributed by atoms with Crippen LogP contribution in [0.2, 0.25) is 0 Å². The fraction of sp³-hybridized carbons (Fsp3) is 0.118. The minimum absolute atomic E-state index is 0.0419. The highest BCUT2D eigenvalue weighted by molar-refractivity contribution is 7.90. The Labute approximate surface area is 146 Å². The van der Waals surface area contributed by atoms with Gasteiger partial charge in [0.25, 0.3) is 10.0 Å². The van der Waals surface area contributed by atoms with Gasteiger partial charge in [0.2, 0.25) is 0 Å². The molecule has 0 spiro atoms. The summed E-state index contributed by atoms with van der Waals surface area (Å²) in [5.41, 5.74) is -1.39. The van der Waals surface area contributed by atoms with Crippen LogP contribution in [0.3, 0.4) is 0 Å². The number of aromatic nitrogens is 1. The third-order valence-corrected chi connectivity index (χ3v) is 5.50. The average Bonchev–Trinajstić information content (AvgIpc) is 3.00. The molecule has 1 aromatic heterocycles. The normalized spacial score (nSPS) is 12.3. The number of ether oxygens (including phenoxy) is 1. The molecular formula is C17H12F3NO4S. The molecular weight excluding hydrogens is 371 g/mol. The van der Waals surface area contributed by atoms with Crippen molar-refractivity contribution in [1.29, 1.82) is 0 Å². The third kappa shape index (κ3) is 2.94. The summed E-state index contributed by atoms with van der Waals surface area (Å²) in [5, 5.41) is -0.0419. The van der Waals surface area contributed by atoms with Gasteiger partial charge in [0.05, 0.1) is 23.1 Å². The number of esters is 1. The molecule has 0 atom stereocenters. The Balaban J connectivity index is 2.34. The molecule has 3 aromatic rings. The summed E-state index contributed by atoms with van der Waals surface area (Å²) < 4.78 is 70.0. The summed E-state index contributed by atoms with van der Waals surface area (Å²) in [6, 6.07) is 10.9. The molecule has 0 bridgehead atoms. The number of fused-ring (bicyclic) bond motifs is 1. The lowest BCUT2D eigenvalue weighted by Gasteiger charge is -2.11. The predicted octanol–water partition coefficient (Wildman–Crippen LogP) is 3.68. The Morgan fingerprint density at radius 2 is 1.69 bits per heavy atom. The topological polar surface area (TPSA) is 65.4 Å². The number of alkyl halides is 3. The zero-order chi connectivity index (χ0) is 19.1. The Bertz CT molecular complexity index is 1090. The molecule has 2 aromatic carbocycles. The van der Waals surface area contributed by atoms with E-state index < -0.39 is 27.7 Å². The van der Waals surface area contributed by atoms with Crippen LogP contribution in [0, 0.1) is 0 Å². The molecule has 136 valence electrons. The zero-order valence-corrected chi connectivity index (χ0v) is 14.1. The first kappa shape index (κ1) is 18.0. The Morgan fingerprint density at radius 1 is 1.04 bits per heavy atom. The first-order chi connectivity index (χ1) is 12.2. The molecule has 0 aliphatic rings. The van der Waals surface area contributed by atoms with E-state index in [0.717, 1.165) is 31.4 Å². The third-order valence-electron chi connectivity index (χ3n) is 3.76. The molecule has 5 nitrogen and oxygen atoms in total. The molecule has 0 unspecified atom stereocenters. The Hall–Kier alpha value is -2.81. The summed E-state index contributed by atoms with van der Waals surface area (Å²) in [4.78, 5) is 11.9. The molecule has 0 radical (unpaired) electrons. The number of nitrogens with zero attached hydrogens (tertiary/aromatic N) is 1. The van der Waals surface area contributed by atoms with Gasteiger partial charge in [-0.05, 0) is 36.4 Å². The lowest BCUT2D eigenvalue weighted by molar-refractivity contribution is -0.137. The minimum atomic E-state index is -4.60. The molecule has 3 rings (SSSR count). The number of benzene rings is 2. The second kappa shape index (κ2) is 6.17. The molecule has 26 heavy (non-hydrogen) atoms. The van der Waals surface area contributed by atoms with Crippen LogP contribution >= 0.6 is 0 Å². The number of halogens is 3. The predicted molar refractivity (Wildman–Crippen MR) is 87.3 cm³/mol. The highest BCUT2D eigenvalue weighted by Crippen LogP contribution is 2.33. The fourth-order valence-corrected chi connectivity index (χ4v) is 4.09. The summed E-state index contributed by atoms with van der Waals surface area (Å²) in [6.07, 6.45) is -4.60. The van der Waals surface area contributed by atoms with Crippen LogP contribution in [0.4, 0.5) is 13.2 Å². The molecule has 0 saturated carbocycles. The van der Waals surface area contributed by atoms with Crippen molar-refractivity contribution in [3.8, 4) is 0 Å². The van der Waals surface area contributed by atoms with E-state index in [1.807, 2.05) is 0 Å². The highest BCUT2D eigenvalue weighted by atomic mass is 32.2. The van der Waals surface area contributed by atoms with Crippen molar-refractivity contribution >= 4 is 26.9 Å². The van der Waals surface area contributed by atoms with Crippen LogP contribution in [0.15, 0.2) is 59.5 Å². The van der Waals surface area contributed by atoms with Gasteiger partial charge >= 0.3 is 12.1 Å². The molecule has 9 heteroatoms. The number of hydrogen-bond acceptors (Lipinski definition) is 4. The van der Waals surface area contributed by atoms with Crippen molar-refractivity contribution < 1.29 is 31.1 Å². The number of rotatable bonds is 3. The van der Waals surface area contributed by atoms with Crippen molar-refractivity contribution in [1.82, 2.24) is 3.97 Å². The van der Waals surface area contributed by atoms with E-state index in [9.17, 15) is 26.4 Å². The molecule has 1 heterocycles. The van der Waals surface area contributed by atoms with Crippen molar-refractivity contribution in [3.63, 3.8) is 0 Å². The number of methoxy groups -OCH3 is 1. The van der Waals surface area contributed by atoms with Gasteiger partial charge in [0, 0.05) is 5.39 Å². The van der Waals surface area contributed by atoms with E-state index in [4.69, 9.17) is 0 Å². The van der Waals surface area contributed by atoms with E-state index >= 15 is 0 Å². The smallest absolute Gasteiger partial charge is 0.416 e. The first-order valence-electron chi connectivity index (χ1n) is 7.28. The van der Waals surface area contributed by atoms with Gasteiger partial charge in [0.15, 0.2) is 0 Å². The van der Waals surface area contributed by atoms with Gasteiger partial charge < -0.3 is 4.74 Å².